The minimum absolute atomic E-state index is 0.186. The van der Waals surface area contributed by atoms with Crippen LogP contribution in [0, 0.1) is 0 Å². The summed E-state index contributed by atoms with van der Waals surface area (Å²) in [6, 6.07) is 11.9. The number of ether oxygens (including phenoxy) is 1. The normalized spacial score (nSPS) is 11.0. The number of nitrogens with two attached hydrogens (primary N) is 1. The lowest BCUT2D eigenvalue weighted by Gasteiger charge is -2.09. The number of primary amides is 1. The first-order valence-electron chi connectivity index (χ1n) is 7.14. The van der Waals surface area contributed by atoms with Crippen molar-refractivity contribution in [2.24, 2.45) is 5.73 Å². The molecule has 0 aliphatic heterocycles. The van der Waals surface area contributed by atoms with E-state index in [4.69, 9.17) is 22.1 Å². The van der Waals surface area contributed by atoms with E-state index < -0.39 is 5.91 Å². The van der Waals surface area contributed by atoms with Crippen LogP contribution in [0.3, 0.4) is 0 Å². The average molecular weight is 345 g/mol. The van der Waals surface area contributed by atoms with Crippen molar-refractivity contribution in [2.45, 2.75) is 6.92 Å². The first kappa shape index (κ1) is 17.6. The van der Waals surface area contributed by atoms with Gasteiger partial charge in [-0.1, -0.05) is 29.8 Å². The zero-order valence-electron chi connectivity index (χ0n) is 13.3. The van der Waals surface area contributed by atoms with Crippen LogP contribution in [0.15, 0.2) is 48.5 Å². The predicted octanol–water partition coefficient (Wildman–Crippen LogP) is 3.49. The third-order valence-electron chi connectivity index (χ3n) is 3.38. The van der Waals surface area contributed by atoms with Crippen LogP contribution in [0.25, 0.3) is 5.57 Å². The van der Waals surface area contributed by atoms with Gasteiger partial charge in [-0.25, -0.2) is 0 Å². The lowest BCUT2D eigenvalue weighted by atomic mass is 10.1. The van der Waals surface area contributed by atoms with E-state index in [1.54, 1.807) is 13.2 Å². The number of nitrogens with one attached hydrogen (secondary N) is 1. The van der Waals surface area contributed by atoms with Crippen LogP contribution in [0.5, 0.6) is 5.75 Å². The van der Waals surface area contributed by atoms with E-state index in [0.29, 0.717) is 11.4 Å². The van der Waals surface area contributed by atoms with Crippen molar-refractivity contribution in [3.05, 3.63) is 64.7 Å². The molecule has 0 aromatic heterocycles. The van der Waals surface area contributed by atoms with E-state index in [0.717, 1.165) is 11.1 Å². The summed E-state index contributed by atoms with van der Waals surface area (Å²) in [6.45, 7) is 1.82. The van der Waals surface area contributed by atoms with Crippen LogP contribution in [0.4, 0.5) is 5.69 Å². The zero-order chi connectivity index (χ0) is 17.7. The van der Waals surface area contributed by atoms with Crippen molar-refractivity contribution in [3.8, 4) is 5.75 Å². The number of hydrogen-bond acceptors (Lipinski definition) is 3. The number of para-hydroxylation sites is 1. The van der Waals surface area contributed by atoms with Gasteiger partial charge in [-0.05, 0) is 36.8 Å². The Morgan fingerprint density at radius 3 is 2.50 bits per heavy atom. The number of carbonyl (C=O) groups is 2. The number of allylic oxidation sites excluding steroid dienone is 1. The van der Waals surface area contributed by atoms with Crippen molar-refractivity contribution < 1.29 is 14.3 Å². The molecule has 0 unspecified atom stereocenters. The standard InChI is InChI=1S/C18H17ClN2O3/c1-11(13-5-3-4-6-16(13)24-2)9-17(22)21-12-7-8-14(18(20)23)15(19)10-12/h3-10H,1-2H3,(H2,20,23)(H,21,22)/b11-9+. The third-order valence-corrected chi connectivity index (χ3v) is 3.69. The van der Waals surface area contributed by atoms with Gasteiger partial charge < -0.3 is 15.8 Å². The Bertz CT molecular complexity index is 816. The van der Waals surface area contributed by atoms with Crippen LogP contribution in [-0.2, 0) is 4.79 Å². The van der Waals surface area contributed by atoms with Crippen LogP contribution >= 0.6 is 11.6 Å². The second kappa shape index (κ2) is 7.66. The monoisotopic (exact) mass is 344 g/mol. The van der Waals surface area contributed by atoms with Crippen molar-refractivity contribution in [3.63, 3.8) is 0 Å². The Morgan fingerprint density at radius 1 is 1.17 bits per heavy atom. The second-order valence-electron chi connectivity index (χ2n) is 5.08. The Labute approximate surface area is 145 Å². The number of hydrogen-bond donors (Lipinski definition) is 2. The highest BCUT2D eigenvalue weighted by Crippen LogP contribution is 2.25. The largest absolute Gasteiger partial charge is 0.496 e. The van der Waals surface area contributed by atoms with Gasteiger partial charge in [-0.3, -0.25) is 9.59 Å². The molecule has 0 fully saturated rings. The van der Waals surface area contributed by atoms with Gasteiger partial charge in [0.15, 0.2) is 0 Å². The molecule has 0 aliphatic carbocycles. The number of benzene rings is 2. The Morgan fingerprint density at radius 2 is 1.88 bits per heavy atom. The zero-order valence-corrected chi connectivity index (χ0v) is 14.1. The summed E-state index contributed by atoms with van der Waals surface area (Å²) in [5.74, 6) is -0.251. The molecule has 0 aliphatic rings. The molecule has 0 saturated heterocycles. The summed E-state index contributed by atoms with van der Waals surface area (Å²) in [5.41, 5.74) is 7.45. The first-order chi connectivity index (χ1) is 11.4. The maximum absolute atomic E-state index is 12.2. The highest BCUT2D eigenvalue weighted by molar-refractivity contribution is 6.34. The van der Waals surface area contributed by atoms with Gasteiger partial charge in [0.2, 0.25) is 11.8 Å². The van der Waals surface area contributed by atoms with E-state index in [2.05, 4.69) is 5.32 Å². The molecule has 0 bridgehead atoms. The van der Waals surface area contributed by atoms with Gasteiger partial charge in [0.05, 0.1) is 17.7 Å². The average Bonchev–Trinajstić information content (AvgIpc) is 2.54. The maximum atomic E-state index is 12.2. The lowest BCUT2D eigenvalue weighted by molar-refractivity contribution is -0.111. The van der Waals surface area contributed by atoms with Crippen LogP contribution in [0.2, 0.25) is 5.02 Å². The maximum Gasteiger partial charge on any atom is 0.250 e. The number of anilines is 1. The van der Waals surface area contributed by atoms with E-state index in [1.807, 2.05) is 31.2 Å². The van der Waals surface area contributed by atoms with Gasteiger partial charge in [0.1, 0.15) is 5.75 Å². The molecule has 0 atom stereocenters. The molecule has 2 aromatic rings. The highest BCUT2D eigenvalue weighted by atomic mass is 35.5. The lowest BCUT2D eigenvalue weighted by Crippen LogP contribution is -2.13. The Kier molecular flexibility index (Phi) is 5.60. The molecule has 3 N–H and O–H groups in total. The SMILES string of the molecule is COc1ccccc1/C(C)=C/C(=O)Nc1ccc(C(N)=O)c(Cl)c1. The van der Waals surface area contributed by atoms with Gasteiger partial charge in [-0.15, -0.1) is 0 Å². The van der Waals surface area contributed by atoms with Crippen molar-refractivity contribution in [1.82, 2.24) is 0 Å². The molecular formula is C18H17ClN2O3. The Hall–Kier alpha value is -2.79. The molecule has 124 valence electrons. The topological polar surface area (TPSA) is 81.4 Å². The van der Waals surface area contributed by atoms with Crippen LogP contribution < -0.4 is 15.8 Å². The quantitative estimate of drug-likeness (QED) is 0.814. The summed E-state index contributed by atoms with van der Waals surface area (Å²) in [4.78, 5) is 23.3. The molecule has 5 nitrogen and oxygen atoms in total. The van der Waals surface area contributed by atoms with Crippen LogP contribution in [-0.4, -0.2) is 18.9 Å². The first-order valence-corrected chi connectivity index (χ1v) is 7.52. The predicted molar refractivity (Wildman–Crippen MR) is 95.2 cm³/mol. The molecule has 2 aromatic carbocycles. The van der Waals surface area contributed by atoms with E-state index in [9.17, 15) is 9.59 Å². The number of rotatable bonds is 5. The third kappa shape index (κ3) is 4.14. The van der Waals surface area contributed by atoms with Gasteiger partial charge in [-0.2, -0.15) is 0 Å². The van der Waals surface area contributed by atoms with Crippen molar-refractivity contribution in [2.75, 3.05) is 12.4 Å². The number of halogens is 1. The summed E-state index contributed by atoms with van der Waals surface area (Å²) in [6.07, 6.45) is 1.47. The van der Waals surface area contributed by atoms with Crippen molar-refractivity contribution in [1.29, 1.82) is 0 Å². The van der Waals surface area contributed by atoms with Crippen molar-refractivity contribution >= 4 is 34.7 Å². The van der Waals surface area contributed by atoms with Gasteiger partial charge >= 0.3 is 0 Å². The highest BCUT2D eigenvalue weighted by Gasteiger charge is 2.09. The minimum Gasteiger partial charge on any atom is -0.496 e. The minimum atomic E-state index is -0.621. The fraction of sp³-hybridized carbons (Fsp3) is 0.111. The number of amides is 2. The molecule has 2 amide bonds. The molecule has 6 heteroatoms. The number of carbonyl (C=O) groups excluding carboxylic acids is 2. The summed E-state index contributed by atoms with van der Waals surface area (Å²) in [7, 11) is 1.58. The molecule has 0 spiro atoms. The van der Waals surface area contributed by atoms with E-state index in [-0.39, 0.29) is 16.5 Å². The summed E-state index contributed by atoms with van der Waals surface area (Å²) in [5, 5.41) is 2.88. The molecule has 0 radical (unpaired) electrons. The summed E-state index contributed by atoms with van der Waals surface area (Å²) < 4.78 is 5.28. The smallest absolute Gasteiger partial charge is 0.250 e. The Balaban J connectivity index is 2.18. The fourth-order valence-corrected chi connectivity index (χ4v) is 2.49. The number of methoxy groups -OCH3 is 1. The fourth-order valence-electron chi connectivity index (χ4n) is 2.22. The second-order valence-corrected chi connectivity index (χ2v) is 5.48. The van der Waals surface area contributed by atoms with Crippen LogP contribution in [0.1, 0.15) is 22.8 Å². The van der Waals surface area contributed by atoms with Gasteiger partial charge in [0, 0.05) is 17.3 Å². The molecule has 2 rings (SSSR count). The van der Waals surface area contributed by atoms with E-state index in [1.165, 1.54) is 18.2 Å². The van der Waals surface area contributed by atoms with Gasteiger partial charge in [0.25, 0.3) is 0 Å². The molecule has 24 heavy (non-hydrogen) atoms. The molecular weight excluding hydrogens is 328 g/mol. The summed E-state index contributed by atoms with van der Waals surface area (Å²) >= 11 is 5.96. The van der Waals surface area contributed by atoms with E-state index >= 15 is 0 Å². The molecule has 0 heterocycles. The molecule has 0 saturated carbocycles.